The number of amides is 1. The van der Waals surface area contributed by atoms with Crippen LogP contribution in [0.1, 0.15) is 39.7 Å². The Morgan fingerprint density at radius 2 is 2.10 bits per heavy atom. The van der Waals surface area contributed by atoms with Gasteiger partial charge in [0, 0.05) is 11.7 Å². The molecule has 112 valence electrons. The summed E-state index contributed by atoms with van der Waals surface area (Å²) < 4.78 is 19.0. The van der Waals surface area contributed by atoms with E-state index in [0.717, 1.165) is 6.42 Å². The fourth-order valence-electron chi connectivity index (χ4n) is 1.63. The molecule has 5 heteroatoms. The van der Waals surface area contributed by atoms with E-state index in [-0.39, 0.29) is 11.9 Å². The van der Waals surface area contributed by atoms with E-state index in [1.807, 2.05) is 6.92 Å². The van der Waals surface area contributed by atoms with Gasteiger partial charge in [0.15, 0.2) is 0 Å². The third-order valence-corrected chi connectivity index (χ3v) is 2.57. The highest BCUT2D eigenvalue weighted by Crippen LogP contribution is 2.17. The summed E-state index contributed by atoms with van der Waals surface area (Å²) in [5, 5.41) is 2.51. The molecule has 1 unspecified atom stereocenters. The lowest BCUT2D eigenvalue weighted by Gasteiger charge is -2.19. The van der Waals surface area contributed by atoms with Gasteiger partial charge in [0.25, 0.3) is 0 Å². The Bertz CT molecular complexity index is 467. The van der Waals surface area contributed by atoms with Gasteiger partial charge in [0.2, 0.25) is 0 Å². The van der Waals surface area contributed by atoms with Crippen LogP contribution in [-0.2, 0) is 11.2 Å². The van der Waals surface area contributed by atoms with Crippen molar-refractivity contribution in [2.45, 2.75) is 52.2 Å². The molecule has 0 radical (unpaired) electrons. The standard InChI is InChI=1S/C15H23FN2O2/c1-10(17)5-6-11-7-8-12(9-13(11)16)18-14(19)20-15(2,3)4/h7-10H,5-6,17H2,1-4H3,(H,18,19). The topological polar surface area (TPSA) is 64.3 Å². The van der Waals surface area contributed by atoms with E-state index in [1.54, 1.807) is 32.9 Å². The molecular formula is C15H23FN2O2. The quantitative estimate of drug-likeness (QED) is 0.889. The van der Waals surface area contributed by atoms with Crippen LogP contribution in [0, 0.1) is 5.82 Å². The number of carbonyl (C=O) groups excluding carboxylic acids is 1. The van der Waals surface area contributed by atoms with Gasteiger partial charge >= 0.3 is 6.09 Å². The second-order valence-electron chi connectivity index (χ2n) is 5.95. The third-order valence-electron chi connectivity index (χ3n) is 2.57. The molecule has 1 atom stereocenters. The molecule has 0 heterocycles. The van der Waals surface area contributed by atoms with Crippen molar-refractivity contribution < 1.29 is 13.9 Å². The highest BCUT2D eigenvalue weighted by Gasteiger charge is 2.16. The molecule has 0 fully saturated rings. The molecule has 4 nitrogen and oxygen atoms in total. The molecule has 1 amide bonds. The van der Waals surface area contributed by atoms with E-state index in [9.17, 15) is 9.18 Å². The SMILES string of the molecule is CC(N)CCc1ccc(NC(=O)OC(C)(C)C)cc1F. The van der Waals surface area contributed by atoms with Crippen LogP contribution in [0.5, 0.6) is 0 Å². The summed E-state index contributed by atoms with van der Waals surface area (Å²) >= 11 is 0. The molecule has 0 spiro atoms. The van der Waals surface area contributed by atoms with Crippen LogP contribution in [-0.4, -0.2) is 17.7 Å². The van der Waals surface area contributed by atoms with Crippen LogP contribution in [0.4, 0.5) is 14.9 Å². The van der Waals surface area contributed by atoms with Crippen LogP contribution in [0.15, 0.2) is 18.2 Å². The number of benzene rings is 1. The molecule has 3 N–H and O–H groups in total. The van der Waals surface area contributed by atoms with E-state index < -0.39 is 11.7 Å². The number of carbonyl (C=O) groups is 1. The molecular weight excluding hydrogens is 259 g/mol. The monoisotopic (exact) mass is 282 g/mol. The number of nitrogens with two attached hydrogens (primary N) is 1. The molecule has 0 aromatic heterocycles. The Balaban J connectivity index is 2.65. The number of anilines is 1. The maximum atomic E-state index is 13.9. The number of ether oxygens (including phenoxy) is 1. The Morgan fingerprint density at radius 3 is 2.60 bits per heavy atom. The van der Waals surface area contributed by atoms with Crippen molar-refractivity contribution in [1.29, 1.82) is 0 Å². The number of aryl methyl sites for hydroxylation is 1. The molecule has 20 heavy (non-hydrogen) atoms. The van der Waals surface area contributed by atoms with Crippen LogP contribution in [0.3, 0.4) is 0 Å². The first-order valence-corrected chi connectivity index (χ1v) is 6.71. The minimum Gasteiger partial charge on any atom is -0.444 e. The van der Waals surface area contributed by atoms with Gasteiger partial charge in [-0.3, -0.25) is 5.32 Å². The van der Waals surface area contributed by atoms with E-state index in [4.69, 9.17) is 10.5 Å². The minimum absolute atomic E-state index is 0.0361. The number of hydrogen-bond acceptors (Lipinski definition) is 3. The van der Waals surface area contributed by atoms with Crippen molar-refractivity contribution in [3.8, 4) is 0 Å². The molecule has 1 rings (SSSR count). The zero-order chi connectivity index (χ0) is 15.3. The molecule has 0 aliphatic rings. The lowest BCUT2D eigenvalue weighted by atomic mass is 10.1. The van der Waals surface area contributed by atoms with Crippen molar-refractivity contribution in [1.82, 2.24) is 0 Å². The predicted molar refractivity (Wildman–Crippen MR) is 78.2 cm³/mol. The van der Waals surface area contributed by atoms with Crippen molar-refractivity contribution in [3.05, 3.63) is 29.6 Å². The van der Waals surface area contributed by atoms with Gasteiger partial charge in [0.1, 0.15) is 11.4 Å². The molecule has 0 saturated carbocycles. The molecule has 1 aromatic rings. The Hall–Kier alpha value is -1.62. The fraction of sp³-hybridized carbons (Fsp3) is 0.533. The van der Waals surface area contributed by atoms with Crippen molar-refractivity contribution in [3.63, 3.8) is 0 Å². The van der Waals surface area contributed by atoms with Crippen LogP contribution >= 0.6 is 0 Å². The maximum absolute atomic E-state index is 13.9. The summed E-state index contributed by atoms with van der Waals surface area (Å²) in [4.78, 5) is 11.6. The van der Waals surface area contributed by atoms with E-state index >= 15 is 0 Å². The van der Waals surface area contributed by atoms with Crippen LogP contribution in [0.2, 0.25) is 0 Å². The van der Waals surface area contributed by atoms with Crippen LogP contribution < -0.4 is 11.1 Å². The van der Waals surface area contributed by atoms with Gasteiger partial charge in [-0.05, 0) is 58.2 Å². The fourth-order valence-corrected chi connectivity index (χ4v) is 1.63. The average Bonchev–Trinajstić information content (AvgIpc) is 2.24. The van der Waals surface area contributed by atoms with Gasteiger partial charge in [-0.25, -0.2) is 9.18 Å². The summed E-state index contributed by atoms with van der Waals surface area (Å²) in [7, 11) is 0. The first-order chi connectivity index (χ1) is 9.17. The zero-order valence-corrected chi connectivity index (χ0v) is 12.5. The molecule has 0 bridgehead atoms. The summed E-state index contributed by atoms with van der Waals surface area (Å²) in [6, 6.07) is 4.64. The van der Waals surface area contributed by atoms with Gasteiger partial charge in [-0.2, -0.15) is 0 Å². The lowest BCUT2D eigenvalue weighted by Crippen LogP contribution is -2.27. The Labute approximate surface area is 119 Å². The van der Waals surface area contributed by atoms with Crippen molar-refractivity contribution in [2.24, 2.45) is 5.73 Å². The molecule has 0 aliphatic carbocycles. The average molecular weight is 282 g/mol. The second kappa shape index (κ2) is 6.70. The number of rotatable bonds is 4. The number of nitrogens with one attached hydrogen (secondary N) is 1. The van der Waals surface area contributed by atoms with Crippen LogP contribution in [0.25, 0.3) is 0 Å². The van der Waals surface area contributed by atoms with Gasteiger partial charge in [0.05, 0.1) is 0 Å². The van der Waals surface area contributed by atoms with Gasteiger partial charge < -0.3 is 10.5 Å². The summed E-state index contributed by atoms with van der Waals surface area (Å²) in [5.74, 6) is -0.348. The first-order valence-electron chi connectivity index (χ1n) is 6.71. The third kappa shape index (κ3) is 6.02. The lowest BCUT2D eigenvalue weighted by molar-refractivity contribution is 0.0636. The highest BCUT2D eigenvalue weighted by molar-refractivity contribution is 5.84. The second-order valence-corrected chi connectivity index (χ2v) is 5.95. The molecule has 0 aliphatic heterocycles. The molecule has 0 saturated heterocycles. The first kappa shape index (κ1) is 16.4. The summed E-state index contributed by atoms with van der Waals surface area (Å²) in [5.41, 5.74) is 6.04. The van der Waals surface area contributed by atoms with Gasteiger partial charge in [-0.15, -0.1) is 0 Å². The highest BCUT2D eigenvalue weighted by atomic mass is 19.1. The van der Waals surface area contributed by atoms with E-state index in [2.05, 4.69) is 5.32 Å². The van der Waals surface area contributed by atoms with Crippen molar-refractivity contribution >= 4 is 11.8 Å². The Kier molecular flexibility index (Phi) is 5.51. The predicted octanol–water partition coefficient (Wildman–Crippen LogP) is 3.45. The van der Waals surface area contributed by atoms with Crippen molar-refractivity contribution in [2.75, 3.05) is 5.32 Å². The maximum Gasteiger partial charge on any atom is 0.412 e. The minimum atomic E-state index is -0.597. The summed E-state index contributed by atoms with van der Waals surface area (Å²) in [6.07, 6.45) is 0.701. The van der Waals surface area contributed by atoms with Gasteiger partial charge in [-0.1, -0.05) is 6.07 Å². The largest absolute Gasteiger partial charge is 0.444 e. The summed E-state index contributed by atoms with van der Waals surface area (Å²) in [6.45, 7) is 7.19. The number of halogens is 1. The zero-order valence-electron chi connectivity index (χ0n) is 12.5. The smallest absolute Gasteiger partial charge is 0.412 e. The van der Waals surface area contributed by atoms with E-state index in [0.29, 0.717) is 17.7 Å². The van der Waals surface area contributed by atoms with E-state index in [1.165, 1.54) is 6.07 Å². The number of hydrogen-bond donors (Lipinski definition) is 2. The Morgan fingerprint density at radius 1 is 1.45 bits per heavy atom. The molecule has 1 aromatic carbocycles. The normalized spacial score (nSPS) is 12.9.